The molecule has 0 unspecified atom stereocenters. The number of amides is 1. The Hall–Kier alpha value is -2.60. The van der Waals surface area contributed by atoms with Crippen LogP contribution >= 0.6 is 0 Å². The van der Waals surface area contributed by atoms with Crippen LogP contribution in [0.3, 0.4) is 0 Å². The number of rotatable bonds is 6. The average molecular weight is 368 g/mol. The molecule has 0 bridgehead atoms. The highest BCUT2D eigenvalue weighted by Crippen LogP contribution is 2.24. The van der Waals surface area contributed by atoms with E-state index in [0.29, 0.717) is 24.8 Å². The number of piperidine rings is 1. The highest BCUT2D eigenvalue weighted by atomic mass is 16.5. The second-order valence-corrected chi connectivity index (χ2v) is 7.38. The van der Waals surface area contributed by atoms with Gasteiger partial charge in [-0.2, -0.15) is 0 Å². The first-order valence-electron chi connectivity index (χ1n) is 9.44. The van der Waals surface area contributed by atoms with Gasteiger partial charge in [0.1, 0.15) is 12.0 Å². The summed E-state index contributed by atoms with van der Waals surface area (Å²) >= 11 is 0. The topological polar surface area (TPSA) is 63.0 Å². The van der Waals surface area contributed by atoms with Crippen LogP contribution in [0.4, 0.5) is 0 Å². The van der Waals surface area contributed by atoms with Crippen LogP contribution in [0.2, 0.25) is 0 Å². The molecule has 2 aliphatic rings. The molecule has 0 aliphatic carbocycles. The Balaban J connectivity index is 1.31. The predicted octanol–water partition coefficient (Wildman–Crippen LogP) is 2.40. The van der Waals surface area contributed by atoms with Crippen molar-refractivity contribution in [3.05, 3.63) is 63.7 Å². The highest BCUT2D eigenvalue weighted by Gasteiger charge is 2.21. The monoisotopic (exact) mass is 368 g/mol. The Morgan fingerprint density at radius 2 is 1.85 bits per heavy atom. The van der Waals surface area contributed by atoms with Crippen LogP contribution in [0, 0.1) is 5.92 Å². The molecule has 0 atom stereocenters. The molecule has 4 rings (SSSR count). The largest absolute Gasteiger partial charge is 0.486 e. The minimum atomic E-state index is -0.140. The summed E-state index contributed by atoms with van der Waals surface area (Å²) in [6.45, 7) is 4.34. The van der Waals surface area contributed by atoms with Crippen LogP contribution in [0.1, 0.15) is 29.7 Å². The minimum absolute atomic E-state index is 0.140. The van der Waals surface area contributed by atoms with Crippen molar-refractivity contribution < 1.29 is 13.9 Å². The smallest absolute Gasteiger partial charge is 0.227 e. The minimum Gasteiger partial charge on any atom is -0.486 e. The molecule has 2 aromatic rings. The highest BCUT2D eigenvalue weighted by molar-refractivity contribution is 5.47. The Kier molecular flexibility index (Phi) is 5.25. The van der Waals surface area contributed by atoms with Gasteiger partial charge in [-0.3, -0.25) is 14.5 Å². The number of carbonyl (C=O) groups is 1. The van der Waals surface area contributed by atoms with Crippen LogP contribution in [0.25, 0.3) is 0 Å². The fourth-order valence-electron chi connectivity index (χ4n) is 3.80. The van der Waals surface area contributed by atoms with Crippen molar-refractivity contribution in [2.45, 2.75) is 32.5 Å². The molecule has 1 aromatic carbocycles. The molecular formula is C21H24N2O4. The number of hydrogen-bond donors (Lipinski definition) is 0. The maximum atomic E-state index is 12.3. The fourth-order valence-corrected chi connectivity index (χ4v) is 3.80. The van der Waals surface area contributed by atoms with E-state index in [1.807, 2.05) is 0 Å². The summed E-state index contributed by atoms with van der Waals surface area (Å²) in [7, 11) is 0. The third kappa shape index (κ3) is 4.22. The molecule has 1 saturated heterocycles. The van der Waals surface area contributed by atoms with Gasteiger partial charge >= 0.3 is 0 Å². The van der Waals surface area contributed by atoms with E-state index in [-0.39, 0.29) is 11.2 Å². The van der Waals surface area contributed by atoms with E-state index in [0.717, 1.165) is 45.4 Å². The Morgan fingerprint density at radius 1 is 1.15 bits per heavy atom. The van der Waals surface area contributed by atoms with Gasteiger partial charge in [-0.25, -0.2) is 0 Å². The van der Waals surface area contributed by atoms with Crippen molar-refractivity contribution in [3.8, 4) is 5.75 Å². The van der Waals surface area contributed by atoms with E-state index in [1.54, 1.807) is 4.90 Å². The number of hydrogen-bond acceptors (Lipinski definition) is 5. The molecule has 2 aliphatic heterocycles. The first-order valence-corrected chi connectivity index (χ1v) is 9.44. The summed E-state index contributed by atoms with van der Waals surface area (Å²) in [6.07, 6.45) is 4.13. The molecule has 6 heteroatoms. The lowest BCUT2D eigenvalue weighted by Crippen LogP contribution is -2.34. The zero-order valence-corrected chi connectivity index (χ0v) is 15.3. The lowest BCUT2D eigenvalue weighted by molar-refractivity contribution is -0.119. The van der Waals surface area contributed by atoms with Gasteiger partial charge in [-0.05, 0) is 29.9 Å². The number of ether oxygens (including phenoxy) is 1. The third-order valence-corrected chi connectivity index (χ3v) is 5.41. The van der Waals surface area contributed by atoms with Crippen molar-refractivity contribution >= 4 is 6.41 Å². The molecule has 1 amide bonds. The Labute approximate surface area is 158 Å². The van der Waals surface area contributed by atoms with Crippen molar-refractivity contribution in [2.75, 3.05) is 19.7 Å². The maximum absolute atomic E-state index is 12.3. The molecule has 1 fully saturated rings. The lowest BCUT2D eigenvalue weighted by Gasteiger charge is -2.28. The molecule has 142 valence electrons. The van der Waals surface area contributed by atoms with Crippen LogP contribution in [-0.4, -0.2) is 35.9 Å². The number of likely N-dealkylation sites (tertiary alicyclic amines) is 1. The zero-order valence-electron chi connectivity index (χ0n) is 15.3. The molecule has 6 nitrogen and oxygen atoms in total. The summed E-state index contributed by atoms with van der Waals surface area (Å²) in [4.78, 5) is 27.1. The van der Waals surface area contributed by atoms with E-state index < -0.39 is 0 Å². The molecule has 27 heavy (non-hydrogen) atoms. The van der Waals surface area contributed by atoms with Gasteiger partial charge in [0.05, 0.1) is 13.2 Å². The van der Waals surface area contributed by atoms with Crippen molar-refractivity contribution in [1.82, 2.24) is 9.80 Å². The van der Waals surface area contributed by atoms with Crippen LogP contribution in [0.15, 0.2) is 45.8 Å². The van der Waals surface area contributed by atoms with Gasteiger partial charge in [0.2, 0.25) is 17.6 Å². The molecule has 0 saturated carbocycles. The third-order valence-electron chi connectivity index (χ3n) is 5.41. The van der Waals surface area contributed by atoms with Gasteiger partial charge in [-0.1, -0.05) is 24.3 Å². The quantitative estimate of drug-likeness (QED) is 0.733. The van der Waals surface area contributed by atoms with Gasteiger partial charge in [0, 0.05) is 32.2 Å². The Morgan fingerprint density at radius 3 is 2.48 bits per heavy atom. The standard InChI is InChI=1S/C21H24N2O4/c24-15-22-7-5-16(6-8-22)13-27-21-14-26-19(9-20(21)25)12-23-10-17-3-1-2-4-18(17)11-23/h1-4,9,14-16H,5-8,10-13H2. The van der Waals surface area contributed by atoms with Gasteiger partial charge in [-0.15, -0.1) is 0 Å². The number of benzene rings is 1. The molecule has 1 aromatic heterocycles. The van der Waals surface area contributed by atoms with Gasteiger partial charge < -0.3 is 14.1 Å². The number of nitrogens with zero attached hydrogens (tertiary/aromatic N) is 2. The fraction of sp³-hybridized carbons (Fsp3) is 0.429. The molecule has 0 N–H and O–H groups in total. The molecule has 3 heterocycles. The first kappa shape index (κ1) is 17.8. The van der Waals surface area contributed by atoms with Crippen LogP contribution in [0.5, 0.6) is 5.75 Å². The maximum Gasteiger partial charge on any atom is 0.227 e. The van der Waals surface area contributed by atoms with E-state index >= 15 is 0 Å². The number of carbonyl (C=O) groups excluding carboxylic acids is 1. The molecular weight excluding hydrogens is 344 g/mol. The second kappa shape index (κ2) is 7.96. The van der Waals surface area contributed by atoms with Crippen LogP contribution in [-0.2, 0) is 24.4 Å². The summed E-state index contributed by atoms with van der Waals surface area (Å²) in [5.41, 5.74) is 2.53. The van der Waals surface area contributed by atoms with Crippen LogP contribution < -0.4 is 10.2 Å². The van der Waals surface area contributed by atoms with E-state index in [9.17, 15) is 9.59 Å². The normalized spacial score (nSPS) is 17.7. The summed E-state index contributed by atoms with van der Waals surface area (Å²) < 4.78 is 11.3. The first-order chi connectivity index (χ1) is 13.2. The van der Waals surface area contributed by atoms with E-state index in [1.165, 1.54) is 23.5 Å². The van der Waals surface area contributed by atoms with Gasteiger partial charge in [0.25, 0.3) is 0 Å². The van der Waals surface area contributed by atoms with Crippen molar-refractivity contribution in [3.63, 3.8) is 0 Å². The molecule has 0 spiro atoms. The predicted molar refractivity (Wildman–Crippen MR) is 100 cm³/mol. The van der Waals surface area contributed by atoms with E-state index in [4.69, 9.17) is 9.15 Å². The van der Waals surface area contributed by atoms with Crippen molar-refractivity contribution in [1.29, 1.82) is 0 Å². The summed E-state index contributed by atoms with van der Waals surface area (Å²) in [5.74, 6) is 1.28. The average Bonchev–Trinajstić information content (AvgIpc) is 3.10. The zero-order chi connectivity index (χ0) is 18.6. The SMILES string of the molecule is O=CN1CCC(COc2coc(CN3Cc4ccccc4C3)cc2=O)CC1. The lowest BCUT2D eigenvalue weighted by atomic mass is 9.98. The molecule has 0 radical (unpaired) electrons. The summed E-state index contributed by atoms with van der Waals surface area (Å²) in [6, 6.07) is 9.92. The van der Waals surface area contributed by atoms with Gasteiger partial charge in [0.15, 0.2) is 0 Å². The Bertz CT molecular complexity index is 830. The van der Waals surface area contributed by atoms with E-state index in [2.05, 4.69) is 29.2 Å². The van der Waals surface area contributed by atoms with Crippen molar-refractivity contribution in [2.24, 2.45) is 5.92 Å². The summed E-state index contributed by atoms with van der Waals surface area (Å²) in [5, 5.41) is 0. The number of fused-ring (bicyclic) bond motifs is 1. The second-order valence-electron chi connectivity index (χ2n) is 7.38.